The lowest BCUT2D eigenvalue weighted by atomic mass is 10.0. The normalized spacial score (nSPS) is 22.3. The van der Waals surface area contributed by atoms with Crippen LogP contribution < -0.4 is 20.3 Å². The van der Waals surface area contributed by atoms with Crippen molar-refractivity contribution in [1.82, 2.24) is 9.78 Å². The quantitative estimate of drug-likeness (QED) is 0.752. The molecule has 2 N–H and O–H groups in total. The molecule has 0 spiro atoms. The third-order valence-corrected chi connectivity index (χ3v) is 7.02. The summed E-state index contributed by atoms with van der Waals surface area (Å²) in [6.07, 6.45) is 6.80. The minimum absolute atomic E-state index is 0.0733. The van der Waals surface area contributed by atoms with E-state index in [1.807, 2.05) is 22.9 Å². The highest BCUT2D eigenvalue weighted by atomic mass is 32.2. The highest BCUT2D eigenvalue weighted by Crippen LogP contribution is 2.44. The molecule has 148 valence electrons. The first kappa shape index (κ1) is 17.7. The molecule has 0 saturated heterocycles. The number of nitrogens with zero attached hydrogens (tertiary/aromatic N) is 1. The second-order valence-electron chi connectivity index (χ2n) is 7.57. The molecule has 3 heterocycles. The summed E-state index contributed by atoms with van der Waals surface area (Å²) in [4.78, 5) is 25.4. The van der Waals surface area contributed by atoms with Gasteiger partial charge in [0.05, 0.1) is 22.6 Å². The van der Waals surface area contributed by atoms with E-state index in [1.54, 1.807) is 0 Å². The van der Waals surface area contributed by atoms with Crippen molar-refractivity contribution >= 4 is 23.5 Å². The van der Waals surface area contributed by atoms with Crippen molar-refractivity contribution in [1.29, 1.82) is 0 Å². The van der Waals surface area contributed by atoms with Gasteiger partial charge >= 0.3 is 0 Å². The van der Waals surface area contributed by atoms with Crippen LogP contribution in [-0.4, -0.2) is 28.2 Å². The Labute approximate surface area is 166 Å². The molecule has 1 unspecified atom stereocenters. The number of H-pyrrole nitrogens is 1. The molecular weight excluding hydrogens is 378 g/mol. The Bertz CT molecular complexity index is 959. The Morgan fingerprint density at radius 3 is 2.64 bits per heavy atom. The van der Waals surface area contributed by atoms with Crippen molar-refractivity contribution in [3.63, 3.8) is 0 Å². The van der Waals surface area contributed by atoms with Crippen LogP contribution in [0.25, 0.3) is 0 Å². The van der Waals surface area contributed by atoms with Gasteiger partial charge in [-0.05, 0) is 30.5 Å². The van der Waals surface area contributed by atoms with Crippen molar-refractivity contribution in [3.05, 3.63) is 39.7 Å². The van der Waals surface area contributed by atoms with Gasteiger partial charge in [0.1, 0.15) is 5.82 Å². The molecule has 1 aromatic carbocycles. The van der Waals surface area contributed by atoms with Gasteiger partial charge in [-0.15, -0.1) is 11.8 Å². The van der Waals surface area contributed by atoms with Crippen molar-refractivity contribution in [2.45, 2.75) is 49.8 Å². The van der Waals surface area contributed by atoms with Gasteiger partial charge in [-0.1, -0.05) is 31.7 Å². The fraction of sp³-hybridized carbons (Fsp3) is 0.500. The van der Waals surface area contributed by atoms with E-state index in [-0.39, 0.29) is 29.6 Å². The van der Waals surface area contributed by atoms with Crippen molar-refractivity contribution in [2.75, 3.05) is 17.9 Å². The molecule has 1 atom stereocenters. The molecule has 2 aliphatic heterocycles. The van der Waals surface area contributed by atoms with Gasteiger partial charge in [-0.25, -0.2) is 0 Å². The van der Waals surface area contributed by atoms with E-state index in [2.05, 4.69) is 10.4 Å². The maximum Gasteiger partial charge on any atom is 0.270 e. The molecule has 1 aliphatic carbocycles. The number of carbonyl (C=O) groups is 1. The molecule has 1 fully saturated rings. The molecule has 1 aromatic heterocycles. The van der Waals surface area contributed by atoms with Crippen LogP contribution in [0.4, 0.5) is 5.82 Å². The number of hydrogen-bond acceptors (Lipinski definition) is 5. The van der Waals surface area contributed by atoms with E-state index in [0.29, 0.717) is 28.6 Å². The lowest BCUT2D eigenvalue weighted by Gasteiger charge is -2.19. The van der Waals surface area contributed by atoms with E-state index >= 15 is 0 Å². The lowest BCUT2D eigenvalue weighted by molar-refractivity contribution is -0.113. The number of benzene rings is 1. The smallest absolute Gasteiger partial charge is 0.270 e. The molecule has 8 heteroatoms. The fourth-order valence-electron chi connectivity index (χ4n) is 4.37. The molecule has 5 rings (SSSR count). The molecule has 0 radical (unpaired) electrons. The minimum Gasteiger partial charge on any atom is -0.454 e. The predicted octanol–water partition coefficient (Wildman–Crippen LogP) is 3.58. The largest absolute Gasteiger partial charge is 0.454 e. The Hall–Kier alpha value is -2.35. The van der Waals surface area contributed by atoms with E-state index < -0.39 is 0 Å². The van der Waals surface area contributed by atoms with Crippen LogP contribution in [-0.2, 0) is 4.79 Å². The second-order valence-corrected chi connectivity index (χ2v) is 8.66. The second kappa shape index (κ2) is 7.24. The fourth-order valence-corrected chi connectivity index (χ4v) is 5.49. The first-order chi connectivity index (χ1) is 13.7. The van der Waals surface area contributed by atoms with E-state index in [1.165, 1.54) is 24.6 Å². The lowest BCUT2D eigenvalue weighted by Crippen LogP contribution is -2.19. The third-order valence-electron chi connectivity index (χ3n) is 5.75. The standard InChI is InChI=1S/C20H23N3O4S/c24-16-10-28-18(12-7-8-14-15(9-12)27-11-26-14)17-19(21-16)23(22-20(17)25)13-5-3-1-2-4-6-13/h7-9,13,18H,1-6,10-11H2,(H,21,24)(H,22,25). The first-order valence-electron chi connectivity index (χ1n) is 9.86. The van der Waals surface area contributed by atoms with Gasteiger partial charge in [0.15, 0.2) is 11.5 Å². The zero-order valence-corrected chi connectivity index (χ0v) is 16.3. The Kier molecular flexibility index (Phi) is 4.58. The number of thioether (sulfide) groups is 1. The summed E-state index contributed by atoms with van der Waals surface area (Å²) in [5.41, 5.74) is 1.44. The molecular formula is C20H23N3O4S. The Balaban J connectivity index is 1.59. The molecule has 2 aromatic rings. The monoisotopic (exact) mass is 401 g/mol. The molecule has 1 amide bonds. The van der Waals surface area contributed by atoms with Crippen LogP contribution in [0, 0.1) is 0 Å². The first-order valence-corrected chi connectivity index (χ1v) is 10.9. The van der Waals surface area contributed by atoms with E-state index in [4.69, 9.17) is 9.47 Å². The number of amides is 1. The summed E-state index contributed by atoms with van der Waals surface area (Å²) < 4.78 is 12.8. The molecule has 28 heavy (non-hydrogen) atoms. The summed E-state index contributed by atoms with van der Waals surface area (Å²) in [6, 6.07) is 5.96. The van der Waals surface area contributed by atoms with Crippen LogP contribution in [0.5, 0.6) is 11.5 Å². The van der Waals surface area contributed by atoms with Gasteiger partial charge in [-0.3, -0.25) is 19.4 Å². The van der Waals surface area contributed by atoms with Gasteiger partial charge in [0, 0.05) is 0 Å². The highest BCUT2D eigenvalue weighted by Gasteiger charge is 2.33. The van der Waals surface area contributed by atoms with Crippen LogP contribution >= 0.6 is 11.8 Å². The molecule has 1 saturated carbocycles. The summed E-state index contributed by atoms with van der Waals surface area (Å²) in [7, 11) is 0. The van der Waals surface area contributed by atoms with Crippen molar-refractivity contribution in [3.8, 4) is 11.5 Å². The van der Waals surface area contributed by atoms with E-state index in [9.17, 15) is 9.59 Å². The van der Waals surface area contributed by atoms with Crippen molar-refractivity contribution < 1.29 is 14.3 Å². The van der Waals surface area contributed by atoms with Crippen LogP contribution in [0.3, 0.4) is 0 Å². The number of hydrogen-bond donors (Lipinski definition) is 2. The van der Waals surface area contributed by atoms with Crippen LogP contribution in [0.15, 0.2) is 23.0 Å². The third kappa shape index (κ3) is 3.09. The number of anilines is 1. The number of aromatic amines is 1. The molecule has 3 aliphatic rings. The minimum atomic E-state index is -0.237. The Morgan fingerprint density at radius 2 is 1.82 bits per heavy atom. The number of rotatable bonds is 2. The van der Waals surface area contributed by atoms with Gasteiger partial charge in [0.25, 0.3) is 5.56 Å². The SMILES string of the molecule is O=C1CSC(c2ccc3c(c2)OCO3)c2c(n(C3CCCCCC3)[nH]c2=O)N1. The summed E-state index contributed by atoms with van der Waals surface area (Å²) in [5.74, 6) is 2.26. The summed E-state index contributed by atoms with van der Waals surface area (Å²) in [5, 5.41) is 5.79. The van der Waals surface area contributed by atoms with E-state index in [0.717, 1.165) is 31.2 Å². The maximum atomic E-state index is 13.0. The average Bonchev–Trinajstić information content (AvgIpc) is 3.09. The molecule has 7 nitrogen and oxygen atoms in total. The molecule has 0 bridgehead atoms. The maximum absolute atomic E-state index is 13.0. The Morgan fingerprint density at radius 1 is 1.04 bits per heavy atom. The van der Waals surface area contributed by atoms with Gasteiger partial charge < -0.3 is 14.8 Å². The van der Waals surface area contributed by atoms with Gasteiger partial charge in [0.2, 0.25) is 12.7 Å². The number of carbonyl (C=O) groups excluding carboxylic acids is 1. The number of aromatic nitrogens is 2. The summed E-state index contributed by atoms with van der Waals surface area (Å²) in [6.45, 7) is 0.209. The highest BCUT2D eigenvalue weighted by molar-refractivity contribution is 8.00. The van der Waals surface area contributed by atoms with Crippen molar-refractivity contribution in [2.24, 2.45) is 0 Å². The summed E-state index contributed by atoms with van der Waals surface area (Å²) >= 11 is 1.47. The number of nitrogens with one attached hydrogen (secondary N) is 2. The predicted molar refractivity (Wildman–Crippen MR) is 107 cm³/mol. The zero-order chi connectivity index (χ0) is 19.1. The number of ether oxygens (including phenoxy) is 2. The van der Waals surface area contributed by atoms with Crippen LogP contribution in [0.2, 0.25) is 0 Å². The van der Waals surface area contributed by atoms with Gasteiger partial charge in [-0.2, -0.15) is 0 Å². The number of fused-ring (bicyclic) bond motifs is 2. The average molecular weight is 401 g/mol. The topological polar surface area (TPSA) is 85.3 Å². The van der Waals surface area contributed by atoms with Crippen LogP contribution in [0.1, 0.15) is 60.9 Å². The zero-order valence-electron chi connectivity index (χ0n) is 15.5.